The fourth-order valence-corrected chi connectivity index (χ4v) is 1.12. The second-order valence-corrected chi connectivity index (χ2v) is 3.11. The van der Waals surface area contributed by atoms with Crippen LogP contribution in [0.3, 0.4) is 0 Å². The summed E-state index contributed by atoms with van der Waals surface area (Å²) in [7, 11) is 0. The molecular weight excluding hydrogens is 186 g/mol. The Morgan fingerprint density at radius 1 is 1.50 bits per heavy atom. The summed E-state index contributed by atoms with van der Waals surface area (Å²) in [5.74, 6) is -2.19. The summed E-state index contributed by atoms with van der Waals surface area (Å²) < 4.78 is 26.4. The van der Waals surface area contributed by atoms with Crippen molar-refractivity contribution in [2.45, 2.75) is 26.2 Å². The van der Waals surface area contributed by atoms with Crippen LogP contribution in [-0.4, -0.2) is 4.98 Å². The van der Waals surface area contributed by atoms with Gasteiger partial charge >= 0.3 is 0 Å². The van der Waals surface area contributed by atoms with Gasteiger partial charge in [-0.05, 0) is 12.3 Å². The highest BCUT2D eigenvalue weighted by Gasteiger charge is 2.17. The van der Waals surface area contributed by atoms with Gasteiger partial charge in [0.15, 0.2) is 17.3 Å². The van der Waals surface area contributed by atoms with E-state index in [1.165, 1.54) is 12.3 Å². The third-order valence-corrected chi connectivity index (χ3v) is 2.24. The van der Waals surface area contributed by atoms with Gasteiger partial charge in [0.1, 0.15) is 6.07 Å². The normalized spacial score (nSPS) is 12.2. The van der Waals surface area contributed by atoms with E-state index in [0.29, 0.717) is 6.42 Å². The Morgan fingerprint density at radius 3 is 2.64 bits per heavy atom. The molecule has 0 saturated carbocycles. The SMILES string of the molecule is CCC(C)c1cnc(C#N)c(F)c1F. The molecule has 0 saturated heterocycles. The summed E-state index contributed by atoms with van der Waals surface area (Å²) in [6, 6.07) is 1.49. The molecule has 0 fully saturated rings. The lowest BCUT2D eigenvalue weighted by Gasteiger charge is -2.09. The van der Waals surface area contributed by atoms with Crippen molar-refractivity contribution in [1.29, 1.82) is 5.26 Å². The second kappa shape index (κ2) is 4.14. The lowest BCUT2D eigenvalue weighted by Crippen LogP contribution is -2.03. The molecule has 0 N–H and O–H groups in total. The van der Waals surface area contributed by atoms with E-state index < -0.39 is 17.3 Å². The van der Waals surface area contributed by atoms with E-state index in [4.69, 9.17) is 5.26 Å². The molecule has 0 radical (unpaired) electrons. The minimum Gasteiger partial charge on any atom is -0.242 e. The lowest BCUT2D eigenvalue weighted by molar-refractivity contribution is 0.481. The average molecular weight is 196 g/mol. The average Bonchev–Trinajstić information content (AvgIpc) is 2.21. The Labute approximate surface area is 81.2 Å². The maximum Gasteiger partial charge on any atom is 0.195 e. The molecule has 1 atom stereocenters. The predicted octanol–water partition coefficient (Wildman–Crippen LogP) is 2.74. The van der Waals surface area contributed by atoms with Crippen LogP contribution in [0.25, 0.3) is 0 Å². The van der Waals surface area contributed by atoms with Crippen LogP contribution in [-0.2, 0) is 0 Å². The van der Waals surface area contributed by atoms with Crippen molar-refractivity contribution in [3.63, 3.8) is 0 Å². The van der Waals surface area contributed by atoms with Crippen LogP contribution in [0.4, 0.5) is 8.78 Å². The number of nitrogens with zero attached hydrogens (tertiary/aromatic N) is 2. The molecule has 0 aliphatic heterocycles. The van der Waals surface area contributed by atoms with Crippen LogP contribution in [0.1, 0.15) is 37.4 Å². The first-order chi connectivity index (χ1) is 6.61. The molecule has 1 aromatic heterocycles. The molecule has 0 aromatic carbocycles. The first kappa shape index (κ1) is 10.6. The van der Waals surface area contributed by atoms with Gasteiger partial charge in [-0.1, -0.05) is 13.8 Å². The van der Waals surface area contributed by atoms with Crippen molar-refractivity contribution in [3.05, 3.63) is 29.1 Å². The van der Waals surface area contributed by atoms with Crippen molar-refractivity contribution >= 4 is 0 Å². The van der Waals surface area contributed by atoms with Crippen LogP contribution < -0.4 is 0 Å². The Kier molecular flexibility index (Phi) is 3.13. The number of hydrogen-bond acceptors (Lipinski definition) is 2. The van der Waals surface area contributed by atoms with Crippen LogP contribution in [0.2, 0.25) is 0 Å². The Balaban J connectivity index is 3.25. The first-order valence-corrected chi connectivity index (χ1v) is 4.35. The third kappa shape index (κ3) is 1.72. The summed E-state index contributed by atoms with van der Waals surface area (Å²) in [6.45, 7) is 3.66. The molecule has 0 amide bonds. The molecule has 2 nitrogen and oxygen atoms in total. The van der Waals surface area contributed by atoms with Crippen molar-refractivity contribution < 1.29 is 8.78 Å². The van der Waals surface area contributed by atoms with Gasteiger partial charge in [-0.15, -0.1) is 0 Å². The largest absolute Gasteiger partial charge is 0.242 e. The zero-order valence-corrected chi connectivity index (χ0v) is 8.01. The number of halogens is 2. The van der Waals surface area contributed by atoms with Gasteiger partial charge in [-0.2, -0.15) is 5.26 Å². The Morgan fingerprint density at radius 2 is 2.14 bits per heavy atom. The molecule has 0 aliphatic carbocycles. The Bertz CT molecular complexity index is 382. The van der Waals surface area contributed by atoms with Crippen LogP contribution in [0, 0.1) is 23.0 Å². The summed E-state index contributed by atoms with van der Waals surface area (Å²) >= 11 is 0. The van der Waals surface area contributed by atoms with E-state index >= 15 is 0 Å². The van der Waals surface area contributed by atoms with E-state index in [0.717, 1.165) is 0 Å². The van der Waals surface area contributed by atoms with Gasteiger partial charge in [-0.3, -0.25) is 0 Å². The molecular formula is C10H10F2N2. The van der Waals surface area contributed by atoms with E-state index in [-0.39, 0.29) is 11.5 Å². The van der Waals surface area contributed by atoms with Crippen molar-refractivity contribution in [2.24, 2.45) is 0 Å². The van der Waals surface area contributed by atoms with Crippen LogP contribution >= 0.6 is 0 Å². The van der Waals surface area contributed by atoms with Crippen molar-refractivity contribution in [2.75, 3.05) is 0 Å². The Hall–Kier alpha value is -1.50. The predicted molar refractivity (Wildman–Crippen MR) is 47.6 cm³/mol. The number of rotatable bonds is 2. The highest BCUT2D eigenvalue weighted by atomic mass is 19.2. The number of nitriles is 1. The smallest absolute Gasteiger partial charge is 0.195 e. The van der Waals surface area contributed by atoms with E-state index in [9.17, 15) is 8.78 Å². The van der Waals surface area contributed by atoms with E-state index in [1.807, 2.05) is 6.92 Å². The number of pyridine rings is 1. The van der Waals surface area contributed by atoms with Crippen LogP contribution in [0.15, 0.2) is 6.20 Å². The van der Waals surface area contributed by atoms with Gasteiger partial charge in [0.05, 0.1) is 0 Å². The minimum absolute atomic E-state index is 0.0928. The molecule has 1 unspecified atom stereocenters. The zero-order valence-electron chi connectivity index (χ0n) is 8.01. The van der Waals surface area contributed by atoms with Gasteiger partial charge < -0.3 is 0 Å². The summed E-state index contributed by atoms with van der Waals surface area (Å²) in [6.07, 6.45) is 1.93. The highest BCUT2D eigenvalue weighted by molar-refractivity contribution is 5.28. The topological polar surface area (TPSA) is 36.7 Å². The first-order valence-electron chi connectivity index (χ1n) is 4.35. The zero-order chi connectivity index (χ0) is 10.7. The van der Waals surface area contributed by atoms with Crippen molar-refractivity contribution in [3.8, 4) is 6.07 Å². The summed E-state index contributed by atoms with van der Waals surface area (Å²) in [5, 5.41) is 8.41. The van der Waals surface area contributed by atoms with E-state index in [2.05, 4.69) is 4.98 Å². The molecule has 0 spiro atoms. The summed E-state index contributed by atoms with van der Waals surface area (Å²) in [5.41, 5.74) is -0.265. The van der Waals surface area contributed by atoms with Gasteiger partial charge in [-0.25, -0.2) is 13.8 Å². The van der Waals surface area contributed by atoms with Gasteiger partial charge in [0.25, 0.3) is 0 Å². The fourth-order valence-electron chi connectivity index (χ4n) is 1.12. The maximum atomic E-state index is 13.3. The summed E-state index contributed by atoms with van der Waals surface area (Å²) in [4.78, 5) is 3.55. The van der Waals surface area contributed by atoms with Crippen LogP contribution in [0.5, 0.6) is 0 Å². The van der Waals surface area contributed by atoms with E-state index in [1.54, 1.807) is 6.92 Å². The number of hydrogen-bond donors (Lipinski definition) is 0. The molecule has 0 aliphatic rings. The van der Waals surface area contributed by atoms with Gasteiger partial charge in [0.2, 0.25) is 0 Å². The lowest BCUT2D eigenvalue weighted by atomic mass is 9.99. The van der Waals surface area contributed by atoms with Crippen molar-refractivity contribution in [1.82, 2.24) is 4.98 Å². The number of aromatic nitrogens is 1. The maximum absolute atomic E-state index is 13.3. The minimum atomic E-state index is -1.15. The van der Waals surface area contributed by atoms with Gasteiger partial charge in [0, 0.05) is 11.8 Å². The molecule has 4 heteroatoms. The fraction of sp³-hybridized carbons (Fsp3) is 0.400. The molecule has 1 heterocycles. The molecule has 14 heavy (non-hydrogen) atoms. The monoisotopic (exact) mass is 196 g/mol. The molecule has 1 rings (SSSR count). The standard InChI is InChI=1S/C10H10F2N2/c1-3-6(2)7-5-14-8(4-13)10(12)9(7)11/h5-6H,3H2,1-2H3. The molecule has 74 valence electrons. The third-order valence-electron chi connectivity index (χ3n) is 2.24. The molecule has 1 aromatic rings. The second-order valence-electron chi connectivity index (χ2n) is 3.11. The molecule has 0 bridgehead atoms. The highest BCUT2D eigenvalue weighted by Crippen LogP contribution is 2.23. The quantitative estimate of drug-likeness (QED) is 0.729.